The summed E-state index contributed by atoms with van der Waals surface area (Å²) < 4.78 is 15.9. The highest BCUT2D eigenvalue weighted by molar-refractivity contribution is 5.85. The van der Waals surface area contributed by atoms with Crippen LogP contribution in [0.5, 0.6) is 0 Å². The van der Waals surface area contributed by atoms with Gasteiger partial charge in [-0.05, 0) is 11.5 Å². The summed E-state index contributed by atoms with van der Waals surface area (Å²) >= 11 is 0. The van der Waals surface area contributed by atoms with Crippen molar-refractivity contribution >= 4 is 10.8 Å². The summed E-state index contributed by atoms with van der Waals surface area (Å²) in [5.41, 5.74) is -0.401. The SMILES string of the molecule is N#CCOC1c2oc(=O)c3ccccc3c2C(O)C(OCC#N)C1O. The van der Waals surface area contributed by atoms with E-state index in [1.807, 2.05) is 0 Å². The summed E-state index contributed by atoms with van der Waals surface area (Å²) in [6.45, 7) is -0.716. The summed E-state index contributed by atoms with van der Waals surface area (Å²) in [4.78, 5) is 12.2. The van der Waals surface area contributed by atoms with Crippen molar-refractivity contribution in [1.82, 2.24) is 0 Å². The molecule has 1 aromatic heterocycles. The fourth-order valence-electron chi connectivity index (χ4n) is 3.06. The van der Waals surface area contributed by atoms with E-state index in [1.165, 1.54) is 0 Å². The quantitative estimate of drug-likeness (QED) is 0.828. The molecule has 3 rings (SSSR count). The summed E-state index contributed by atoms with van der Waals surface area (Å²) in [5, 5.41) is 39.3. The van der Waals surface area contributed by atoms with Gasteiger partial charge in [0.15, 0.2) is 0 Å². The Morgan fingerprint density at radius 2 is 1.72 bits per heavy atom. The van der Waals surface area contributed by atoms with Crippen LogP contribution in [0.3, 0.4) is 0 Å². The van der Waals surface area contributed by atoms with E-state index in [9.17, 15) is 15.0 Å². The molecule has 2 aromatic rings. The number of nitrogens with zero attached hydrogens (tertiary/aromatic N) is 2. The van der Waals surface area contributed by atoms with E-state index in [0.29, 0.717) is 5.39 Å². The first kappa shape index (κ1) is 17.1. The number of hydrogen-bond donors (Lipinski definition) is 2. The standard InChI is InChI=1S/C17H14N2O6/c18-5-7-23-15-12(20)11-9-3-1-2-4-10(9)17(22)25-14(11)16(13(15)21)24-8-6-19/h1-4,12-13,15-16,20-21H,7-8H2. The van der Waals surface area contributed by atoms with Crippen LogP contribution >= 0.6 is 0 Å². The van der Waals surface area contributed by atoms with Gasteiger partial charge in [-0.25, -0.2) is 4.79 Å². The Morgan fingerprint density at radius 3 is 2.40 bits per heavy atom. The predicted molar refractivity (Wildman–Crippen MR) is 83.1 cm³/mol. The minimum absolute atomic E-state index is 0.0456. The number of fused-ring (bicyclic) bond motifs is 3. The monoisotopic (exact) mass is 342 g/mol. The maximum Gasteiger partial charge on any atom is 0.343 e. The van der Waals surface area contributed by atoms with Gasteiger partial charge in [-0.15, -0.1) is 0 Å². The number of nitriles is 2. The molecule has 0 radical (unpaired) electrons. The molecule has 8 nitrogen and oxygen atoms in total. The van der Waals surface area contributed by atoms with Crippen molar-refractivity contribution in [1.29, 1.82) is 10.5 Å². The fraction of sp³-hybridized carbons (Fsp3) is 0.353. The molecule has 0 saturated carbocycles. The van der Waals surface area contributed by atoms with Gasteiger partial charge in [0, 0.05) is 5.56 Å². The number of ether oxygens (including phenoxy) is 2. The second kappa shape index (κ2) is 7.01. The van der Waals surface area contributed by atoms with Gasteiger partial charge in [0.25, 0.3) is 0 Å². The van der Waals surface area contributed by atoms with Crippen LogP contribution in [0.1, 0.15) is 23.5 Å². The van der Waals surface area contributed by atoms with E-state index >= 15 is 0 Å². The van der Waals surface area contributed by atoms with Gasteiger partial charge in [-0.2, -0.15) is 10.5 Å². The van der Waals surface area contributed by atoms with E-state index in [1.54, 1.807) is 36.4 Å². The molecular weight excluding hydrogens is 328 g/mol. The van der Waals surface area contributed by atoms with Crippen molar-refractivity contribution in [3.8, 4) is 12.1 Å². The minimum Gasteiger partial charge on any atom is -0.424 e. The largest absolute Gasteiger partial charge is 0.424 e. The molecule has 0 bridgehead atoms. The van der Waals surface area contributed by atoms with Gasteiger partial charge in [-0.3, -0.25) is 0 Å². The average molecular weight is 342 g/mol. The van der Waals surface area contributed by atoms with Crippen molar-refractivity contribution in [2.45, 2.75) is 24.4 Å². The van der Waals surface area contributed by atoms with Crippen LogP contribution in [0.15, 0.2) is 33.5 Å². The molecule has 1 aliphatic carbocycles. The molecule has 1 aliphatic rings. The highest BCUT2D eigenvalue weighted by atomic mass is 16.5. The molecule has 0 saturated heterocycles. The lowest BCUT2D eigenvalue weighted by Gasteiger charge is -2.37. The van der Waals surface area contributed by atoms with Crippen LogP contribution in [0.25, 0.3) is 10.8 Å². The summed E-state index contributed by atoms with van der Waals surface area (Å²) in [6, 6.07) is 10.1. The molecule has 0 amide bonds. The zero-order valence-corrected chi connectivity index (χ0v) is 13.0. The lowest BCUT2D eigenvalue weighted by atomic mass is 9.84. The molecule has 0 spiro atoms. The molecular formula is C17H14N2O6. The predicted octanol–water partition coefficient (Wildman–Crippen LogP) is 0.691. The maximum absolute atomic E-state index is 12.2. The van der Waals surface area contributed by atoms with E-state index in [-0.39, 0.29) is 29.9 Å². The Balaban J connectivity index is 2.22. The van der Waals surface area contributed by atoms with Crippen molar-refractivity contribution < 1.29 is 24.1 Å². The van der Waals surface area contributed by atoms with E-state index in [4.69, 9.17) is 24.4 Å². The van der Waals surface area contributed by atoms with Gasteiger partial charge in [0.1, 0.15) is 43.4 Å². The number of aliphatic hydroxyl groups excluding tert-OH is 2. The molecule has 128 valence electrons. The van der Waals surface area contributed by atoms with Crippen LogP contribution in [-0.2, 0) is 9.47 Å². The molecule has 8 heteroatoms. The minimum atomic E-state index is -1.42. The van der Waals surface area contributed by atoms with Crippen molar-refractivity contribution in [2.75, 3.05) is 13.2 Å². The van der Waals surface area contributed by atoms with Gasteiger partial charge in [0.2, 0.25) is 0 Å². The molecule has 1 aromatic carbocycles. The lowest BCUT2D eigenvalue weighted by molar-refractivity contribution is -0.159. The van der Waals surface area contributed by atoms with Crippen molar-refractivity contribution in [3.63, 3.8) is 0 Å². The Bertz CT molecular complexity index is 925. The number of aliphatic hydroxyl groups is 2. The van der Waals surface area contributed by atoms with Gasteiger partial charge >= 0.3 is 5.63 Å². The van der Waals surface area contributed by atoms with Gasteiger partial charge in [-0.1, -0.05) is 18.2 Å². The third-order valence-corrected chi connectivity index (χ3v) is 4.09. The van der Waals surface area contributed by atoms with Crippen molar-refractivity contribution in [2.24, 2.45) is 0 Å². The Kier molecular flexibility index (Phi) is 4.79. The van der Waals surface area contributed by atoms with Crippen LogP contribution in [0, 0.1) is 22.7 Å². The summed E-state index contributed by atoms with van der Waals surface area (Å²) in [7, 11) is 0. The van der Waals surface area contributed by atoms with E-state index in [2.05, 4.69) is 0 Å². The summed E-state index contributed by atoms with van der Waals surface area (Å²) in [5.74, 6) is -0.0456. The van der Waals surface area contributed by atoms with Crippen LogP contribution < -0.4 is 5.63 Å². The third kappa shape index (κ3) is 2.88. The van der Waals surface area contributed by atoms with E-state index in [0.717, 1.165) is 0 Å². The topological polar surface area (TPSA) is 137 Å². The molecule has 0 aliphatic heterocycles. The van der Waals surface area contributed by atoms with Gasteiger partial charge < -0.3 is 24.1 Å². The molecule has 4 atom stereocenters. The first-order valence-corrected chi connectivity index (χ1v) is 7.49. The van der Waals surface area contributed by atoms with Crippen LogP contribution in [0.4, 0.5) is 0 Å². The van der Waals surface area contributed by atoms with Crippen LogP contribution in [-0.4, -0.2) is 35.6 Å². The van der Waals surface area contributed by atoms with E-state index < -0.39 is 30.0 Å². The second-order valence-electron chi connectivity index (χ2n) is 5.47. The summed E-state index contributed by atoms with van der Waals surface area (Å²) in [6.07, 6.45) is -5.12. The average Bonchev–Trinajstić information content (AvgIpc) is 2.61. The van der Waals surface area contributed by atoms with Crippen molar-refractivity contribution in [3.05, 3.63) is 46.0 Å². The molecule has 0 fully saturated rings. The molecule has 2 N–H and O–H groups in total. The van der Waals surface area contributed by atoms with Gasteiger partial charge in [0.05, 0.1) is 17.5 Å². The fourth-order valence-corrected chi connectivity index (χ4v) is 3.06. The number of rotatable bonds is 4. The first-order valence-electron chi connectivity index (χ1n) is 7.49. The highest BCUT2D eigenvalue weighted by Gasteiger charge is 2.46. The maximum atomic E-state index is 12.2. The number of benzene rings is 1. The Morgan fingerprint density at radius 1 is 1.08 bits per heavy atom. The zero-order valence-electron chi connectivity index (χ0n) is 13.0. The Hall–Kier alpha value is -2.75. The first-order chi connectivity index (χ1) is 12.1. The van der Waals surface area contributed by atoms with Crippen LogP contribution in [0.2, 0.25) is 0 Å². The third-order valence-electron chi connectivity index (χ3n) is 4.09. The lowest BCUT2D eigenvalue weighted by Crippen LogP contribution is -2.45. The second-order valence-corrected chi connectivity index (χ2v) is 5.47. The normalized spacial score (nSPS) is 25.1. The Labute approximate surface area is 142 Å². The molecule has 4 unspecified atom stereocenters. The molecule has 1 heterocycles. The zero-order chi connectivity index (χ0) is 18.0. The highest BCUT2D eigenvalue weighted by Crippen LogP contribution is 2.42. The molecule has 25 heavy (non-hydrogen) atoms. The smallest absolute Gasteiger partial charge is 0.343 e. The number of hydrogen-bond acceptors (Lipinski definition) is 8.